The van der Waals surface area contributed by atoms with E-state index in [4.69, 9.17) is 9.47 Å². The summed E-state index contributed by atoms with van der Waals surface area (Å²) in [6.07, 6.45) is 86.7. The van der Waals surface area contributed by atoms with E-state index in [9.17, 15) is 30.3 Å². The first-order valence-corrected chi connectivity index (χ1v) is 41.7. The number of hydrogen-bond acceptors (Lipinski definition) is 8. The van der Waals surface area contributed by atoms with Gasteiger partial charge in [-0.2, -0.15) is 0 Å². The van der Waals surface area contributed by atoms with Crippen LogP contribution in [-0.2, 0) is 14.3 Å². The summed E-state index contributed by atoms with van der Waals surface area (Å²) in [5.74, 6) is -0.131. The molecule has 1 aliphatic rings. The standard InChI is InChI=1S/C82H163NO8/c1-3-5-7-9-11-13-15-17-19-21-23-25-27-29-31-33-34-35-36-37-38-39-40-41-42-43-44-46-48-50-52-54-56-58-60-62-64-66-68-70-72-78(86)83-75(74-90-82-81(89)80(88)79(87)77(73-84)91-82)76(85)71-69-67-65-63-61-59-57-55-53-51-49-47-45-32-30-28-26-24-22-20-18-16-14-12-10-8-6-4-2/h75-77,79-82,84-85,87-89H,3-74H2,1-2H3,(H,83,86). The summed E-state index contributed by atoms with van der Waals surface area (Å²) in [5, 5.41) is 55.1. The molecule has 0 bridgehead atoms. The summed E-state index contributed by atoms with van der Waals surface area (Å²) in [4.78, 5) is 13.2. The summed E-state index contributed by atoms with van der Waals surface area (Å²) in [5.41, 5.74) is 0. The summed E-state index contributed by atoms with van der Waals surface area (Å²) in [6.45, 7) is 3.92. The van der Waals surface area contributed by atoms with Crippen LogP contribution in [0.15, 0.2) is 0 Å². The van der Waals surface area contributed by atoms with Gasteiger partial charge in [0.1, 0.15) is 24.4 Å². The molecule has 0 aliphatic carbocycles. The number of aliphatic hydroxyl groups is 5. The van der Waals surface area contributed by atoms with Gasteiger partial charge in [-0.3, -0.25) is 4.79 Å². The summed E-state index contributed by atoms with van der Waals surface area (Å²) < 4.78 is 11.4. The van der Waals surface area contributed by atoms with Crippen LogP contribution in [0.1, 0.15) is 463 Å². The second kappa shape index (κ2) is 71.9. The highest BCUT2D eigenvalue weighted by Gasteiger charge is 2.44. The molecule has 9 heteroatoms. The number of amides is 1. The molecule has 7 unspecified atom stereocenters. The number of ether oxygens (including phenoxy) is 2. The van der Waals surface area contributed by atoms with Crippen molar-refractivity contribution >= 4 is 5.91 Å². The smallest absolute Gasteiger partial charge is 0.220 e. The Balaban J connectivity index is 2.00. The molecular weight excluding hydrogens is 1130 g/mol. The molecule has 6 N–H and O–H groups in total. The van der Waals surface area contributed by atoms with E-state index in [1.807, 2.05) is 0 Å². The lowest BCUT2D eigenvalue weighted by Gasteiger charge is -2.40. The summed E-state index contributed by atoms with van der Waals surface area (Å²) in [7, 11) is 0. The second-order valence-corrected chi connectivity index (χ2v) is 29.6. The Bertz CT molecular complexity index is 1400. The summed E-state index contributed by atoms with van der Waals surface area (Å²) in [6, 6.07) is -0.716. The molecule has 0 spiro atoms. The van der Waals surface area contributed by atoms with E-state index in [2.05, 4.69) is 19.2 Å². The maximum Gasteiger partial charge on any atom is 0.220 e. The van der Waals surface area contributed by atoms with Gasteiger partial charge in [-0.15, -0.1) is 0 Å². The van der Waals surface area contributed by atoms with Gasteiger partial charge in [0.15, 0.2) is 6.29 Å². The maximum absolute atomic E-state index is 13.2. The van der Waals surface area contributed by atoms with Gasteiger partial charge in [-0.25, -0.2) is 0 Å². The molecule has 0 aromatic carbocycles. The summed E-state index contributed by atoms with van der Waals surface area (Å²) >= 11 is 0. The van der Waals surface area contributed by atoms with Gasteiger partial charge < -0.3 is 40.3 Å². The zero-order chi connectivity index (χ0) is 65.7. The van der Waals surface area contributed by atoms with Crippen LogP contribution < -0.4 is 5.32 Å². The molecular formula is C82H163NO8. The third-order valence-corrected chi connectivity index (χ3v) is 20.7. The van der Waals surface area contributed by atoms with E-state index >= 15 is 0 Å². The highest BCUT2D eigenvalue weighted by molar-refractivity contribution is 5.76. The first kappa shape index (κ1) is 88.2. The molecule has 0 radical (unpaired) electrons. The first-order valence-electron chi connectivity index (χ1n) is 41.7. The topological polar surface area (TPSA) is 149 Å². The van der Waals surface area contributed by atoms with E-state index in [0.29, 0.717) is 12.8 Å². The van der Waals surface area contributed by atoms with E-state index < -0.39 is 49.5 Å². The quantitative estimate of drug-likeness (QED) is 0.0330. The van der Waals surface area contributed by atoms with Gasteiger partial charge in [-0.05, 0) is 12.8 Å². The van der Waals surface area contributed by atoms with Crippen LogP contribution in [0.3, 0.4) is 0 Å². The average Bonchev–Trinajstić information content (AvgIpc) is 1.34. The number of unbranched alkanes of at least 4 members (excludes halogenated alkanes) is 66. The van der Waals surface area contributed by atoms with Gasteiger partial charge in [0, 0.05) is 6.42 Å². The lowest BCUT2D eigenvalue weighted by Crippen LogP contribution is -2.60. The molecule has 1 aliphatic heterocycles. The fourth-order valence-electron chi connectivity index (χ4n) is 14.2. The van der Waals surface area contributed by atoms with E-state index in [-0.39, 0.29) is 12.5 Å². The van der Waals surface area contributed by atoms with Crippen LogP contribution in [0.5, 0.6) is 0 Å². The Labute approximate surface area is 567 Å². The van der Waals surface area contributed by atoms with E-state index in [1.165, 1.54) is 398 Å². The maximum atomic E-state index is 13.2. The molecule has 1 fully saturated rings. The number of carbonyl (C=O) groups excluding carboxylic acids is 1. The van der Waals surface area contributed by atoms with E-state index in [1.54, 1.807) is 0 Å². The zero-order valence-corrected chi connectivity index (χ0v) is 61.4. The average molecular weight is 1290 g/mol. The lowest BCUT2D eigenvalue weighted by atomic mass is 9.99. The third-order valence-electron chi connectivity index (χ3n) is 20.7. The molecule has 1 amide bonds. The fraction of sp³-hybridized carbons (Fsp3) is 0.988. The van der Waals surface area contributed by atoms with Crippen molar-refractivity contribution in [2.45, 2.75) is 506 Å². The molecule has 1 saturated heterocycles. The molecule has 0 aromatic heterocycles. The van der Waals surface area contributed by atoms with Crippen molar-refractivity contribution in [1.82, 2.24) is 5.32 Å². The molecule has 0 aromatic rings. The Hall–Kier alpha value is -0.810. The van der Waals surface area contributed by atoms with Crippen molar-refractivity contribution in [1.29, 1.82) is 0 Å². The Kier molecular flexibility index (Phi) is 69.7. The molecule has 1 rings (SSSR count). The van der Waals surface area contributed by atoms with Crippen molar-refractivity contribution < 1.29 is 39.8 Å². The Morgan fingerprint density at radius 3 is 0.780 bits per heavy atom. The van der Waals surface area contributed by atoms with Crippen molar-refractivity contribution in [2.75, 3.05) is 13.2 Å². The number of carbonyl (C=O) groups is 1. The number of rotatable bonds is 76. The zero-order valence-electron chi connectivity index (χ0n) is 61.4. The minimum absolute atomic E-state index is 0.130. The van der Waals surface area contributed by atoms with Crippen LogP contribution in [-0.4, -0.2) is 87.5 Å². The van der Waals surface area contributed by atoms with Gasteiger partial charge in [0.05, 0.1) is 25.4 Å². The molecule has 91 heavy (non-hydrogen) atoms. The lowest BCUT2D eigenvalue weighted by molar-refractivity contribution is -0.302. The molecule has 0 saturated carbocycles. The normalized spacial score (nSPS) is 17.5. The van der Waals surface area contributed by atoms with Gasteiger partial charge >= 0.3 is 0 Å². The minimum atomic E-state index is -1.55. The van der Waals surface area contributed by atoms with Crippen molar-refractivity contribution in [3.8, 4) is 0 Å². The highest BCUT2D eigenvalue weighted by Crippen LogP contribution is 2.25. The Morgan fingerprint density at radius 2 is 0.549 bits per heavy atom. The third kappa shape index (κ3) is 60.1. The SMILES string of the molecule is CCCCCCCCCCCCCCCCCCCCCCCCCCCCCCCCCCCCCCCCCCC(=O)NC(COC1OC(CO)C(O)C(O)C1O)C(O)CCCCCCCCCCCCCCCCCCCCCCCCCCCCCC. The fourth-order valence-corrected chi connectivity index (χ4v) is 14.2. The predicted octanol–water partition coefficient (Wildman–Crippen LogP) is 24.0. The molecule has 7 atom stereocenters. The van der Waals surface area contributed by atoms with Crippen LogP contribution >= 0.6 is 0 Å². The molecule has 544 valence electrons. The number of nitrogens with one attached hydrogen (secondary N) is 1. The van der Waals surface area contributed by atoms with Crippen molar-refractivity contribution in [3.05, 3.63) is 0 Å². The monoisotopic (exact) mass is 1290 g/mol. The first-order chi connectivity index (χ1) is 44.8. The largest absolute Gasteiger partial charge is 0.394 e. The van der Waals surface area contributed by atoms with Gasteiger partial charge in [0.2, 0.25) is 5.91 Å². The van der Waals surface area contributed by atoms with Gasteiger partial charge in [-0.1, -0.05) is 444 Å². The van der Waals surface area contributed by atoms with Gasteiger partial charge in [0.25, 0.3) is 0 Å². The molecule has 9 nitrogen and oxygen atoms in total. The minimum Gasteiger partial charge on any atom is -0.394 e. The van der Waals surface area contributed by atoms with Crippen molar-refractivity contribution in [3.63, 3.8) is 0 Å². The predicted molar refractivity (Wildman–Crippen MR) is 392 cm³/mol. The highest BCUT2D eigenvalue weighted by atomic mass is 16.7. The second-order valence-electron chi connectivity index (χ2n) is 29.6. The molecule has 1 heterocycles. The Morgan fingerprint density at radius 1 is 0.330 bits per heavy atom. The van der Waals surface area contributed by atoms with Crippen LogP contribution in [0, 0.1) is 0 Å². The van der Waals surface area contributed by atoms with E-state index in [0.717, 1.165) is 38.5 Å². The number of hydrogen-bond donors (Lipinski definition) is 6. The number of aliphatic hydroxyl groups excluding tert-OH is 5. The van der Waals surface area contributed by atoms with Crippen LogP contribution in [0.25, 0.3) is 0 Å². The van der Waals surface area contributed by atoms with Crippen molar-refractivity contribution in [2.24, 2.45) is 0 Å². The van der Waals surface area contributed by atoms with Crippen LogP contribution in [0.4, 0.5) is 0 Å². The van der Waals surface area contributed by atoms with Crippen LogP contribution in [0.2, 0.25) is 0 Å².